The van der Waals surface area contributed by atoms with Crippen molar-refractivity contribution < 1.29 is 24.3 Å². The van der Waals surface area contributed by atoms with Gasteiger partial charge in [0.2, 0.25) is 0 Å². The van der Waals surface area contributed by atoms with Crippen molar-refractivity contribution in [3.63, 3.8) is 0 Å². The normalized spacial score (nSPS) is 24.8. The van der Waals surface area contributed by atoms with Crippen molar-refractivity contribution in [3.8, 4) is 5.75 Å². The lowest BCUT2D eigenvalue weighted by Crippen LogP contribution is -2.39. The molecule has 0 bridgehead atoms. The molecule has 0 aromatic heterocycles. The first-order valence-electron chi connectivity index (χ1n) is 6.57. The van der Waals surface area contributed by atoms with E-state index < -0.39 is 22.4 Å². The number of hydrogen-bond donors (Lipinski definition) is 1. The van der Waals surface area contributed by atoms with Crippen LogP contribution in [-0.4, -0.2) is 35.8 Å². The van der Waals surface area contributed by atoms with Crippen LogP contribution in [0, 0.1) is 15.5 Å². The zero-order valence-corrected chi connectivity index (χ0v) is 11.9. The summed E-state index contributed by atoms with van der Waals surface area (Å²) in [5, 5.41) is 20.6. The number of nitrogens with zero attached hydrogens (tertiary/aromatic N) is 1. The minimum Gasteiger partial charge on any atom is -0.490 e. The van der Waals surface area contributed by atoms with Gasteiger partial charge in [-0.2, -0.15) is 0 Å². The number of benzene rings is 1. The van der Waals surface area contributed by atoms with Crippen LogP contribution in [0.4, 0.5) is 5.69 Å². The topological polar surface area (TPSA) is 98.9 Å². The number of ether oxygens (including phenoxy) is 2. The first-order chi connectivity index (χ1) is 9.90. The number of methoxy groups -OCH3 is 1. The van der Waals surface area contributed by atoms with E-state index in [0.29, 0.717) is 18.6 Å². The molecule has 1 aromatic carbocycles. The number of nitro benzene ring substituents is 1. The smallest absolute Gasteiger partial charge is 0.312 e. The fourth-order valence-corrected chi connectivity index (χ4v) is 2.72. The highest BCUT2D eigenvalue weighted by molar-refractivity contribution is 5.76. The molecule has 1 aliphatic heterocycles. The summed E-state index contributed by atoms with van der Waals surface area (Å²) in [7, 11) is 1.35. The number of carboxylic acids is 1. The van der Waals surface area contributed by atoms with Crippen LogP contribution < -0.4 is 4.74 Å². The van der Waals surface area contributed by atoms with E-state index in [1.165, 1.54) is 19.2 Å². The van der Waals surface area contributed by atoms with Crippen LogP contribution in [0.25, 0.3) is 0 Å². The minimum absolute atomic E-state index is 0.156. The van der Waals surface area contributed by atoms with Crippen LogP contribution in [0.1, 0.15) is 18.9 Å². The lowest BCUT2D eigenvalue weighted by Gasteiger charge is -2.27. The average Bonchev–Trinajstić information content (AvgIpc) is 2.81. The Morgan fingerprint density at radius 1 is 1.62 bits per heavy atom. The first kappa shape index (κ1) is 15.2. The Hall–Kier alpha value is -2.15. The standard InChI is InChI=1S/C14H17NO6/c1-9-14(13(16)17,5-6-21-9)8-10-3-4-12(20-2)11(7-10)15(18)19/h3-4,7,9H,5-6,8H2,1-2H3,(H,16,17). The molecule has 7 heteroatoms. The van der Waals surface area contributed by atoms with Crippen molar-refractivity contribution >= 4 is 11.7 Å². The second-order valence-electron chi connectivity index (χ2n) is 5.16. The Bertz CT molecular complexity index is 573. The highest BCUT2D eigenvalue weighted by Gasteiger charge is 2.48. The molecule has 1 aromatic rings. The van der Waals surface area contributed by atoms with E-state index >= 15 is 0 Å². The zero-order chi connectivity index (χ0) is 15.6. The van der Waals surface area contributed by atoms with Gasteiger partial charge in [-0.3, -0.25) is 14.9 Å². The minimum atomic E-state index is -1.04. The van der Waals surface area contributed by atoms with E-state index in [1.807, 2.05) is 0 Å². The predicted octanol–water partition coefficient (Wildman–Crippen LogP) is 2.03. The van der Waals surface area contributed by atoms with Gasteiger partial charge in [0, 0.05) is 12.7 Å². The number of nitro groups is 1. The fourth-order valence-electron chi connectivity index (χ4n) is 2.72. The van der Waals surface area contributed by atoms with Gasteiger partial charge in [0.15, 0.2) is 5.75 Å². The Morgan fingerprint density at radius 3 is 2.81 bits per heavy atom. The van der Waals surface area contributed by atoms with Crippen LogP contribution in [0.15, 0.2) is 18.2 Å². The van der Waals surface area contributed by atoms with Gasteiger partial charge in [0.05, 0.1) is 23.6 Å². The van der Waals surface area contributed by atoms with Gasteiger partial charge >= 0.3 is 11.7 Å². The summed E-state index contributed by atoms with van der Waals surface area (Å²) in [5.41, 5.74) is -0.619. The summed E-state index contributed by atoms with van der Waals surface area (Å²) in [6.45, 7) is 2.10. The molecule has 21 heavy (non-hydrogen) atoms. The Labute approximate surface area is 121 Å². The summed E-state index contributed by atoms with van der Waals surface area (Å²) in [6.07, 6.45) is 0.147. The second-order valence-corrected chi connectivity index (χ2v) is 5.16. The summed E-state index contributed by atoms with van der Waals surface area (Å²) in [4.78, 5) is 22.1. The van der Waals surface area contributed by atoms with Crippen molar-refractivity contribution in [2.75, 3.05) is 13.7 Å². The molecular formula is C14H17NO6. The molecule has 2 rings (SSSR count). The van der Waals surface area contributed by atoms with Gasteiger partial charge in [-0.25, -0.2) is 0 Å². The number of aliphatic carboxylic acids is 1. The van der Waals surface area contributed by atoms with Crippen molar-refractivity contribution in [1.82, 2.24) is 0 Å². The van der Waals surface area contributed by atoms with Gasteiger partial charge < -0.3 is 14.6 Å². The van der Waals surface area contributed by atoms with Gasteiger partial charge in [0.1, 0.15) is 0 Å². The molecule has 1 saturated heterocycles. The van der Waals surface area contributed by atoms with E-state index in [4.69, 9.17) is 9.47 Å². The number of rotatable bonds is 5. The summed E-state index contributed by atoms with van der Waals surface area (Å²) < 4.78 is 10.3. The van der Waals surface area contributed by atoms with Gasteiger partial charge in [-0.05, 0) is 31.4 Å². The summed E-state index contributed by atoms with van der Waals surface area (Å²) in [6, 6.07) is 4.51. The fraction of sp³-hybridized carbons (Fsp3) is 0.500. The molecular weight excluding hydrogens is 278 g/mol. The monoisotopic (exact) mass is 295 g/mol. The van der Waals surface area contributed by atoms with E-state index in [9.17, 15) is 20.0 Å². The van der Waals surface area contributed by atoms with Gasteiger partial charge in [-0.1, -0.05) is 6.07 Å². The quantitative estimate of drug-likeness (QED) is 0.659. The lowest BCUT2D eigenvalue weighted by molar-refractivity contribution is -0.385. The Balaban J connectivity index is 2.36. The van der Waals surface area contributed by atoms with Crippen LogP contribution >= 0.6 is 0 Å². The van der Waals surface area contributed by atoms with Gasteiger partial charge in [-0.15, -0.1) is 0 Å². The molecule has 2 unspecified atom stereocenters. The molecule has 0 radical (unpaired) electrons. The molecule has 1 fully saturated rings. The Morgan fingerprint density at radius 2 is 2.33 bits per heavy atom. The molecule has 0 aliphatic carbocycles. The third-order valence-electron chi connectivity index (χ3n) is 4.08. The number of carboxylic acid groups (broad SMARTS) is 1. The maximum atomic E-state index is 11.6. The molecule has 0 spiro atoms. The molecule has 0 amide bonds. The average molecular weight is 295 g/mol. The van der Waals surface area contributed by atoms with Crippen molar-refractivity contribution in [2.45, 2.75) is 25.9 Å². The molecule has 1 heterocycles. The lowest BCUT2D eigenvalue weighted by atomic mass is 9.76. The van der Waals surface area contributed by atoms with Crippen LogP contribution in [0.2, 0.25) is 0 Å². The van der Waals surface area contributed by atoms with Crippen LogP contribution in [0.3, 0.4) is 0 Å². The maximum absolute atomic E-state index is 11.6. The highest BCUT2D eigenvalue weighted by Crippen LogP contribution is 2.40. The highest BCUT2D eigenvalue weighted by atomic mass is 16.6. The van der Waals surface area contributed by atoms with E-state index in [1.54, 1.807) is 13.0 Å². The third-order valence-corrected chi connectivity index (χ3v) is 4.08. The maximum Gasteiger partial charge on any atom is 0.312 e. The molecule has 0 saturated carbocycles. The molecule has 7 nitrogen and oxygen atoms in total. The molecule has 1 N–H and O–H groups in total. The Kier molecular flexibility index (Phi) is 4.13. The largest absolute Gasteiger partial charge is 0.490 e. The third kappa shape index (κ3) is 2.69. The van der Waals surface area contributed by atoms with Crippen molar-refractivity contribution in [2.24, 2.45) is 5.41 Å². The van der Waals surface area contributed by atoms with E-state index in [2.05, 4.69) is 0 Å². The van der Waals surface area contributed by atoms with Crippen LogP contribution in [-0.2, 0) is 16.0 Å². The number of carbonyl (C=O) groups is 1. The summed E-state index contributed by atoms with van der Waals surface area (Å²) in [5.74, 6) is -0.783. The summed E-state index contributed by atoms with van der Waals surface area (Å²) >= 11 is 0. The SMILES string of the molecule is COc1ccc(CC2(C(=O)O)CCOC2C)cc1[N+](=O)[O-]. The molecule has 2 atom stereocenters. The van der Waals surface area contributed by atoms with Crippen molar-refractivity contribution in [1.29, 1.82) is 0 Å². The van der Waals surface area contributed by atoms with Crippen molar-refractivity contribution in [3.05, 3.63) is 33.9 Å². The second kappa shape index (κ2) is 5.69. The number of hydrogen-bond acceptors (Lipinski definition) is 5. The molecule has 1 aliphatic rings. The van der Waals surface area contributed by atoms with Crippen LogP contribution in [0.5, 0.6) is 5.75 Å². The first-order valence-corrected chi connectivity index (χ1v) is 6.57. The molecule has 114 valence electrons. The predicted molar refractivity (Wildman–Crippen MR) is 73.5 cm³/mol. The van der Waals surface area contributed by atoms with E-state index in [-0.39, 0.29) is 17.9 Å². The van der Waals surface area contributed by atoms with E-state index in [0.717, 1.165) is 0 Å². The zero-order valence-electron chi connectivity index (χ0n) is 11.9. The van der Waals surface area contributed by atoms with Gasteiger partial charge in [0.25, 0.3) is 0 Å².